The number of hydrogen-bond donors (Lipinski definition) is 3. The van der Waals surface area contributed by atoms with Crippen LogP contribution in [0.15, 0.2) is 42.5 Å². The summed E-state index contributed by atoms with van der Waals surface area (Å²) in [6.45, 7) is 11.8. The fourth-order valence-electron chi connectivity index (χ4n) is 6.02. The molecule has 0 saturated carbocycles. The fraction of sp³-hybridized carbons (Fsp3) is 0.351. The quantitative estimate of drug-likeness (QED) is 0.161. The molecular formula is C37H43N2O8P. The summed E-state index contributed by atoms with van der Waals surface area (Å²) in [6.07, 6.45) is 0.0238. The summed E-state index contributed by atoms with van der Waals surface area (Å²) < 4.78 is 15.3. The molecule has 0 radical (unpaired) electrons. The number of hydrogen-bond acceptors (Lipinski definition) is 8. The number of aryl methyl sites for hydroxylation is 4. The van der Waals surface area contributed by atoms with Gasteiger partial charge in [0.1, 0.15) is 0 Å². The topological polar surface area (TPSA) is 164 Å². The summed E-state index contributed by atoms with van der Waals surface area (Å²) in [7, 11) is -4.65. The Morgan fingerprint density at radius 3 is 1.46 bits per heavy atom. The number of rotatable bonds is 15. The first-order valence-corrected chi connectivity index (χ1v) is 17.5. The van der Waals surface area contributed by atoms with E-state index in [1.165, 1.54) is 12.1 Å². The van der Waals surface area contributed by atoms with Crippen molar-refractivity contribution in [1.29, 1.82) is 0 Å². The van der Waals surface area contributed by atoms with Crippen molar-refractivity contribution in [2.45, 2.75) is 67.7 Å². The van der Waals surface area contributed by atoms with Crippen LogP contribution in [-0.2, 0) is 36.6 Å². The van der Waals surface area contributed by atoms with Crippen LogP contribution in [-0.4, -0.2) is 59.2 Å². The molecule has 0 bridgehead atoms. The van der Waals surface area contributed by atoms with Gasteiger partial charge in [-0.1, -0.05) is 49.4 Å². The Balaban J connectivity index is 2.22. The van der Waals surface area contributed by atoms with Crippen LogP contribution in [0.4, 0.5) is 0 Å². The number of ketones is 2. The molecule has 0 aliphatic heterocycles. The maximum absolute atomic E-state index is 15.3. The van der Waals surface area contributed by atoms with Crippen molar-refractivity contribution in [3.8, 4) is 0 Å². The van der Waals surface area contributed by atoms with Gasteiger partial charge in [-0.2, -0.15) is 0 Å². The molecule has 1 unspecified atom stereocenters. The van der Waals surface area contributed by atoms with Crippen LogP contribution in [0.1, 0.15) is 78.6 Å². The van der Waals surface area contributed by atoms with Gasteiger partial charge in [-0.25, -0.2) is 0 Å². The number of carbonyl (C=O) groups is 6. The van der Waals surface area contributed by atoms with Gasteiger partial charge in [0.2, 0.25) is 29.8 Å². The molecule has 0 saturated heterocycles. The highest BCUT2D eigenvalue weighted by molar-refractivity contribution is 8.01. The molecular weight excluding hydrogens is 631 g/mol. The highest BCUT2D eigenvalue weighted by Crippen LogP contribution is 2.53. The van der Waals surface area contributed by atoms with E-state index in [0.717, 1.165) is 0 Å². The average molecular weight is 675 g/mol. The van der Waals surface area contributed by atoms with Crippen molar-refractivity contribution in [3.63, 3.8) is 0 Å². The van der Waals surface area contributed by atoms with E-state index in [1.54, 1.807) is 71.9 Å². The molecule has 0 aromatic heterocycles. The molecule has 0 heterocycles. The van der Waals surface area contributed by atoms with Crippen molar-refractivity contribution in [2.24, 2.45) is 0 Å². The lowest BCUT2D eigenvalue weighted by atomic mass is 9.91. The van der Waals surface area contributed by atoms with Crippen LogP contribution < -0.4 is 15.9 Å². The minimum absolute atomic E-state index is 0.0186. The van der Waals surface area contributed by atoms with E-state index in [4.69, 9.17) is 5.11 Å². The van der Waals surface area contributed by atoms with Gasteiger partial charge >= 0.3 is 0 Å². The normalized spacial score (nSPS) is 12.2. The minimum atomic E-state index is -4.65. The van der Waals surface area contributed by atoms with Crippen LogP contribution in [0, 0.1) is 41.5 Å². The summed E-state index contributed by atoms with van der Waals surface area (Å²) in [4.78, 5) is 79.7. The smallest absolute Gasteiger partial charge is 0.287 e. The number of aliphatic hydroxyl groups excluding tert-OH is 1. The molecule has 10 nitrogen and oxygen atoms in total. The molecule has 0 fully saturated rings. The maximum Gasteiger partial charge on any atom is 0.287 e. The number of nitrogens with one attached hydrogen (secondary N) is 2. The molecule has 0 aliphatic rings. The third-order valence-electron chi connectivity index (χ3n) is 8.50. The minimum Gasteiger partial charge on any atom is -0.395 e. The lowest BCUT2D eigenvalue weighted by Gasteiger charge is -2.23. The molecule has 1 atom stereocenters. The largest absolute Gasteiger partial charge is 0.395 e. The van der Waals surface area contributed by atoms with E-state index in [0.29, 0.717) is 57.5 Å². The highest BCUT2D eigenvalue weighted by atomic mass is 31.2. The van der Waals surface area contributed by atoms with Gasteiger partial charge in [-0.05, 0) is 92.5 Å². The number of aliphatic hydroxyl groups is 1. The number of Topliss-reactive ketones (excluding diaryl/α,β-unsaturated/α-hetero) is 2. The molecule has 3 N–H and O–H groups in total. The Morgan fingerprint density at radius 1 is 0.646 bits per heavy atom. The van der Waals surface area contributed by atoms with Gasteiger partial charge in [0, 0.05) is 42.4 Å². The predicted molar refractivity (Wildman–Crippen MR) is 184 cm³/mol. The number of benzene rings is 3. The Morgan fingerprint density at radius 2 is 1.06 bits per heavy atom. The molecule has 11 heteroatoms. The van der Waals surface area contributed by atoms with Gasteiger partial charge in [-0.15, -0.1) is 0 Å². The fourth-order valence-corrected chi connectivity index (χ4v) is 8.58. The Labute approximate surface area is 281 Å². The Bertz CT molecular complexity index is 1730. The van der Waals surface area contributed by atoms with E-state index in [1.807, 2.05) is 6.92 Å². The molecule has 3 aromatic carbocycles. The lowest BCUT2D eigenvalue weighted by Crippen LogP contribution is -2.34. The van der Waals surface area contributed by atoms with Gasteiger partial charge in [0.25, 0.3) is 11.8 Å². The third-order valence-corrected chi connectivity index (χ3v) is 11.1. The Kier molecular flexibility index (Phi) is 12.7. The second-order valence-corrected chi connectivity index (χ2v) is 14.5. The van der Waals surface area contributed by atoms with E-state index in [2.05, 4.69) is 10.6 Å². The molecule has 0 spiro atoms. The van der Waals surface area contributed by atoms with Crippen LogP contribution in [0.2, 0.25) is 0 Å². The van der Waals surface area contributed by atoms with Crippen molar-refractivity contribution in [3.05, 3.63) is 98.1 Å². The summed E-state index contributed by atoms with van der Waals surface area (Å²) in [6, 6.07) is 11.1. The molecule has 48 heavy (non-hydrogen) atoms. The van der Waals surface area contributed by atoms with Crippen molar-refractivity contribution in [2.75, 3.05) is 19.7 Å². The Hall–Kier alpha value is -4.53. The second kappa shape index (κ2) is 16.0. The summed E-state index contributed by atoms with van der Waals surface area (Å²) in [5, 5.41) is 13.9. The zero-order valence-corrected chi connectivity index (χ0v) is 29.4. The monoisotopic (exact) mass is 674 g/mol. The van der Waals surface area contributed by atoms with Crippen molar-refractivity contribution >= 4 is 46.9 Å². The van der Waals surface area contributed by atoms with Gasteiger partial charge in [0.05, 0.1) is 6.61 Å². The van der Waals surface area contributed by atoms with E-state index >= 15 is 4.57 Å². The zero-order chi connectivity index (χ0) is 35.9. The summed E-state index contributed by atoms with van der Waals surface area (Å²) >= 11 is 0. The van der Waals surface area contributed by atoms with E-state index in [-0.39, 0.29) is 42.4 Å². The standard InChI is InChI=1S/C37H43N2O8P/c1-8-14-38-34(43)30(41)19-28-21(2)17-23(4)32(25(28)6)36(45)48(47,27-12-10-9-11-13-27)37(46)33-24(5)18-22(3)29(26(33)7)20-31(42)35(44)39-15-16-40/h9-13,17-18,40H,8,14-16,19-20H2,1-7H3,(H,38,43)(H,39,44). The van der Waals surface area contributed by atoms with Crippen LogP contribution in [0.25, 0.3) is 0 Å². The van der Waals surface area contributed by atoms with Crippen molar-refractivity contribution in [1.82, 2.24) is 10.6 Å². The van der Waals surface area contributed by atoms with E-state index in [9.17, 15) is 28.8 Å². The van der Waals surface area contributed by atoms with Crippen LogP contribution >= 0.6 is 7.14 Å². The zero-order valence-electron chi connectivity index (χ0n) is 28.5. The summed E-state index contributed by atoms with van der Waals surface area (Å²) in [5.41, 5.74) is 1.96. The van der Waals surface area contributed by atoms with Crippen molar-refractivity contribution < 1.29 is 38.4 Å². The number of amides is 2. The lowest BCUT2D eigenvalue weighted by molar-refractivity contribution is -0.137. The third kappa shape index (κ3) is 7.77. The first kappa shape index (κ1) is 37.9. The van der Waals surface area contributed by atoms with Gasteiger partial charge in [-0.3, -0.25) is 28.8 Å². The summed E-state index contributed by atoms with van der Waals surface area (Å²) in [5.74, 6) is -3.09. The van der Waals surface area contributed by atoms with Gasteiger partial charge < -0.3 is 20.3 Å². The molecule has 3 aromatic rings. The highest BCUT2D eigenvalue weighted by Gasteiger charge is 2.45. The molecule has 0 aliphatic carbocycles. The predicted octanol–water partition coefficient (Wildman–Crippen LogP) is 4.06. The molecule has 254 valence electrons. The van der Waals surface area contributed by atoms with Crippen LogP contribution in [0.5, 0.6) is 0 Å². The SMILES string of the molecule is CCCNC(=O)C(=O)Cc1c(C)cc(C)c(C(=O)P(=O)(C(=O)c2c(C)cc(C)c(CC(=O)C(=O)NCCO)c2C)c2ccccc2)c1C. The molecule has 2 amide bonds. The first-order chi connectivity index (χ1) is 22.6. The van der Waals surface area contributed by atoms with E-state index < -0.39 is 41.6 Å². The number of carbonyl (C=O) groups excluding carboxylic acids is 6. The van der Waals surface area contributed by atoms with Crippen LogP contribution in [0.3, 0.4) is 0 Å². The maximum atomic E-state index is 15.3. The first-order valence-electron chi connectivity index (χ1n) is 15.8. The van der Waals surface area contributed by atoms with Gasteiger partial charge in [0.15, 0.2) is 0 Å². The average Bonchev–Trinajstić information content (AvgIpc) is 3.05. The molecule has 3 rings (SSSR count). The second-order valence-electron chi connectivity index (χ2n) is 12.0.